The SMILES string of the molecule is Cc1ccc(-n2cnnc2SCC(=O)Nc2ccc(-c3nc4ccccc4s3)cc2)cc1. The lowest BCUT2D eigenvalue weighted by Crippen LogP contribution is -2.14. The first kappa shape index (κ1) is 20.4. The fourth-order valence-corrected chi connectivity index (χ4v) is 4.92. The Hall–Kier alpha value is -3.49. The Balaban J connectivity index is 1.21. The molecule has 0 aliphatic heterocycles. The molecular formula is C24H19N5OS2. The molecule has 0 saturated heterocycles. The van der Waals surface area contributed by atoms with E-state index in [1.54, 1.807) is 17.7 Å². The van der Waals surface area contributed by atoms with Gasteiger partial charge >= 0.3 is 0 Å². The second kappa shape index (κ2) is 8.94. The summed E-state index contributed by atoms with van der Waals surface area (Å²) in [5, 5.41) is 12.7. The number of nitrogens with zero attached hydrogens (tertiary/aromatic N) is 4. The Kier molecular flexibility index (Phi) is 5.70. The molecule has 32 heavy (non-hydrogen) atoms. The summed E-state index contributed by atoms with van der Waals surface area (Å²) >= 11 is 3.01. The van der Waals surface area contributed by atoms with Crippen molar-refractivity contribution in [1.29, 1.82) is 0 Å². The number of aromatic nitrogens is 4. The number of anilines is 1. The van der Waals surface area contributed by atoms with Crippen LogP contribution < -0.4 is 5.32 Å². The minimum atomic E-state index is -0.0961. The van der Waals surface area contributed by atoms with Crippen molar-refractivity contribution in [1.82, 2.24) is 19.7 Å². The molecule has 0 fully saturated rings. The third kappa shape index (κ3) is 4.42. The second-order valence-electron chi connectivity index (χ2n) is 7.22. The number of thiazole rings is 1. The van der Waals surface area contributed by atoms with Gasteiger partial charge in [-0.3, -0.25) is 9.36 Å². The van der Waals surface area contributed by atoms with Crippen molar-refractivity contribution < 1.29 is 4.79 Å². The van der Waals surface area contributed by atoms with E-state index in [0.717, 1.165) is 32.2 Å². The van der Waals surface area contributed by atoms with Gasteiger partial charge in [0.25, 0.3) is 0 Å². The molecule has 0 unspecified atom stereocenters. The predicted octanol–water partition coefficient (Wildman–Crippen LogP) is 5.58. The lowest BCUT2D eigenvalue weighted by molar-refractivity contribution is -0.113. The highest BCUT2D eigenvalue weighted by Crippen LogP contribution is 2.30. The van der Waals surface area contributed by atoms with Crippen LogP contribution in [-0.4, -0.2) is 31.4 Å². The molecule has 0 radical (unpaired) electrons. The van der Waals surface area contributed by atoms with Gasteiger partial charge in [0.15, 0.2) is 5.16 Å². The molecule has 3 aromatic carbocycles. The first-order valence-corrected chi connectivity index (χ1v) is 11.8. The summed E-state index contributed by atoms with van der Waals surface area (Å²) in [6, 6.07) is 24.0. The number of thioether (sulfide) groups is 1. The number of carbonyl (C=O) groups excluding carboxylic acids is 1. The quantitative estimate of drug-likeness (QED) is 0.337. The molecule has 8 heteroatoms. The molecule has 5 aromatic rings. The number of carbonyl (C=O) groups is 1. The van der Waals surface area contributed by atoms with Crippen LogP contribution in [0.25, 0.3) is 26.5 Å². The van der Waals surface area contributed by atoms with Crippen LogP contribution >= 0.6 is 23.1 Å². The molecule has 0 aliphatic carbocycles. The van der Waals surface area contributed by atoms with Crippen molar-refractivity contribution in [3.63, 3.8) is 0 Å². The van der Waals surface area contributed by atoms with Gasteiger partial charge in [-0.25, -0.2) is 4.98 Å². The van der Waals surface area contributed by atoms with Gasteiger partial charge in [-0.2, -0.15) is 0 Å². The van der Waals surface area contributed by atoms with Crippen molar-refractivity contribution in [2.24, 2.45) is 0 Å². The van der Waals surface area contributed by atoms with E-state index in [4.69, 9.17) is 0 Å². The summed E-state index contributed by atoms with van der Waals surface area (Å²) in [5.41, 5.74) is 4.93. The zero-order chi connectivity index (χ0) is 21.9. The fourth-order valence-electron chi connectivity index (χ4n) is 3.22. The zero-order valence-electron chi connectivity index (χ0n) is 17.2. The van der Waals surface area contributed by atoms with E-state index in [2.05, 4.69) is 26.6 Å². The van der Waals surface area contributed by atoms with Crippen molar-refractivity contribution in [2.45, 2.75) is 12.1 Å². The van der Waals surface area contributed by atoms with Crippen LogP contribution in [-0.2, 0) is 4.79 Å². The van der Waals surface area contributed by atoms with E-state index in [9.17, 15) is 4.79 Å². The van der Waals surface area contributed by atoms with E-state index < -0.39 is 0 Å². The van der Waals surface area contributed by atoms with Crippen LogP contribution in [0.5, 0.6) is 0 Å². The monoisotopic (exact) mass is 457 g/mol. The summed E-state index contributed by atoms with van der Waals surface area (Å²) in [4.78, 5) is 17.2. The van der Waals surface area contributed by atoms with E-state index in [-0.39, 0.29) is 11.7 Å². The van der Waals surface area contributed by atoms with Gasteiger partial charge < -0.3 is 5.32 Å². The Morgan fingerprint density at radius 3 is 2.59 bits per heavy atom. The van der Waals surface area contributed by atoms with Crippen molar-refractivity contribution >= 4 is 44.9 Å². The van der Waals surface area contributed by atoms with Crippen LogP contribution in [0.2, 0.25) is 0 Å². The van der Waals surface area contributed by atoms with Crippen molar-refractivity contribution in [2.75, 3.05) is 11.1 Å². The predicted molar refractivity (Wildman–Crippen MR) is 131 cm³/mol. The van der Waals surface area contributed by atoms with Crippen molar-refractivity contribution in [3.8, 4) is 16.3 Å². The van der Waals surface area contributed by atoms with Crippen LogP contribution in [0.15, 0.2) is 84.3 Å². The van der Waals surface area contributed by atoms with Crippen LogP contribution in [0.1, 0.15) is 5.56 Å². The minimum absolute atomic E-state index is 0.0961. The van der Waals surface area contributed by atoms with Crippen LogP contribution in [0.3, 0.4) is 0 Å². The van der Waals surface area contributed by atoms with E-state index in [0.29, 0.717) is 5.16 Å². The normalized spacial score (nSPS) is 11.0. The lowest BCUT2D eigenvalue weighted by atomic mass is 10.2. The topological polar surface area (TPSA) is 72.7 Å². The second-order valence-corrected chi connectivity index (χ2v) is 9.19. The number of amides is 1. The molecule has 0 saturated carbocycles. The Labute approximate surface area is 193 Å². The van der Waals surface area contributed by atoms with Gasteiger partial charge in [-0.15, -0.1) is 21.5 Å². The number of rotatable bonds is 6. The highest BCUT2D eigenvalue weighted by Gasteiger charge is 2.11. The number of hydrogen-bond donors (Lipinski definition) is 1. The molecule has 1 N–H and O–H groups in total. The summed E-state index contributed by atoms with van der Waals surface area (Å²) in [5.74, 6) is 0.144. The van der Waals surface area contributed by atoms with Gasteiger partial charge in [0.2, 0.25) is 5.91 Å². The molecule has 6 nitrogen and oxygen atoms in total. The third-order valence-corrected chi connectivity index (χ3v) is 6.90. The highest BCUT2D eigenvalue weighted by atomic mass is 32.2. The Bertz CT molecular complexity index is 1340. The maximum Gasteiger partial charge on any atom is 0.234 e. The molecule has 5 rings (SSSR count). The smallest absolute Gasteiger partial charge is 0.234 e. The van der Waals surface area contributed by atoms with Gasteiger partial charge in [0.05, 0.1) is 16.0 Å². The summed E-state index contributed by atoms with van der Waals surface area (Å²) in [7, 11) is 0. The summed E-state index contributed by atoms with van der Waals surface area (Å²) < 4.78 is 3.04. The van der Waals surface area contributed by atoms with E-state index >= 15 is 0 Å². The number of benzene rings is 3. The summed E-state index contributed by atoms with van der Waals surface area (Å²) in [6.07, 6.45) is 1.66. The molecule has 0 bridgehead atoms. The van der Waals surface area contributed by atoms with Gasteiger partial charge in [-0.1, -0.05) is 41.6 Å². The molecule has 0 aliphatic rings. The lowest BCUT2D eigenvalue weighted by Gasteiger charge is -2.08. The molecule has 2 aromatic heterocycles. The van der Waals surface area contributed by atoms with Gasteiger partial charge in [0.1, 0.15) is 11.3 Å². The number of aryl methyl sites for hydroxylation is 1. The number of nitrogens with one attached hydrogen (secondary N) is 1. The highest BCUT2D eigenvalue weighted by molar-refractivity contribution is 7.99. The number of para-hydroxylation sites is 1. The van der Waals surface area contributed by atoms with Crippen LogP contribution in [0.4, 0.5) is 5.69 Å². The van der Waals surface area contributed by atoms with Crippen molar-refractivity contribution in [3.05, 3.63) is 84.7 Å². The minimum Gasteiger partial charge on any atom is -0.325 e. The van der Waals surface area contributed by atoms with E-state index in [1.807, 2.05) is 78.2 Å². The Morgan fingerprint density at radius 2 is 1.81 bits per heavy atom. The summed E-state index contributed by atoms with van der Waals surface area (Å²) in [6.45, 7) is 2.04. The van der Waals surface area contributed by atoms with Gasteiger partial charge in [0, 0.05) is 16.9 Å². The first-order valence-electron chi connectivity index (χ1n) is 10.0. The largest absolute Gasteiger partial charge is 0.325 e. The van der Waals surface area contributed by atoms with Gasteiger partial charge in [-0.05, 0) is 55.5 Å². The molecule has 0 atom stereocenters. The first-order chi connectivity index (χ1) is 15.7. The molecule has 2 heterocycles. The average Bonchev–Trinajstić information content (AvgIpc) is 3.46. The third-order valence-electron chi connectivity index (χ3n) is 4.87. The number of fused-ring (bicyclic) bond motifs is 1. The average molecular weight is 458 g/mol. The zero-order valence-corrected chi connectivity index (χ0v) is 18.9. The molecular weight excluding hydrogens is 438 g/mol. The fraction of sp³-hybridized carbons (Fsp3) is 0.0833. The Morgan fingerprint density at radius 1 is 1.03 bits per heavy atom. The number of hydrogen-bond acceptors (Lipinski definition) is 6. The maximum atomic E-state index is 12.5. The molecule has 1 amide bonds. The van der Waals surface area contributed by atoms with Crippen LogP contribution in [0, 0.1) is 6.92 Å². The maximum absolute atomic E-state index is 12.5. The van der Waals surface area contributed by atoms with E-state index in [1.165, 1.54) is 17.3 Å². The standard InChI is InChI=1S/C24H19N5OS2/c1-16-6-12-19(13-7-16)29-15-25-28-24(29)31-14-22(30)26-18-10-8-17(9-11-18)23-27-20-4-2-3-5-21(20)32-23/h2-13,15H,14H2,1H3,(H,26,30). The molecule has 0 spiro atoms. The molecule has 158 valence electrons.